The van der Waals surface area contributed by atoms with E-state index in [-0.39, 0.29) is 18.0 Å². The molecule has 0 saturated carbocycles. The highest BCUT2D eigenvalue weighted by molar-refractivity contribution is 6.08. The number of aliphatic hydroxyl groups excluding tert-OH is 1. The van der Waals surface area contributed by atoms with E-state index in [4.69, 9.17) is 11.1 Å². The molecule has 8 nitrogen and oxygen atoms in total. The number of hydrogen-bond acceptors (Lipinski definition) is 6. The number of nitrogen functional groups attached to an aromatic ring is 1. The van der Waals surface area contributed by atoms with Crippen molar-refractivity contribution < 1.29 is 5.11 Å². The number of nitrogens with two attached hydrogens (primary N) is 1. The highest BCUT2D eigenvalue weighted by Gasteiger charge is 2.22. The molecule has 0 atom stereocenters. The molecule has 0 unspecified atom stereocenters. The monoisotopic (exact) mass is 403 g/mol. The van der Waals surface area contributed by atoms with Gasteiger partial charge in [0.1, 0.15) is 29.7 Å². The number of anilines is 1. The van der Waals surface area contributed by atoms with E-state index in [2.05, 4.69) is 16.0 Å². The number of fused-ring (bicyclic) bond motifs is 1. The summed E-state index contributed by atoms with van der Waals surface area (Å²) in [7, 11) is 3.44. The van der Waals surface area contributed by atoms with Gasteiger partial charge in [-0.15, -0.1) is 0 Å². The van der Waals surface area contributed by atoms with Gasteiger partial charge in [0.25, 0.3) is 0 Å². The lowest BCUT2D eigenvalue weighted by Gasteiger charge is -2.14. The van der Waals surface area contributed by atoms with Crippen LogP contribution >= 0.6 is 0 Å². The molecule has 0 amide bonds. The van der Waals surface area contributed by atoms with Crippen LogP contribution in [0, 0.1) is 23.7 Å². The number of aliphatic hydroxyl groups is 1. The van der Waals surface area contributed by atoms with Gasteiger partial charge >= 0.3 is 0 Å². The Balaban J connectivity index is 2.42. The van der Waals surface area contributed by atoms with E-state index in [0.717, 1.165) is 16.7 Å². The zero-order chi connectivity index (χ0) is 21.8. The number of aromatic nitrogens is 3. The highest BCUT2D eigenvalue weighted by Crippen LogP contribution is 2.38. The van der Waals surface area contributed by atoms with Crippen LogP contribution in [0.2, 0.25) is 0 Å². The topological polar surface area (TPSA) is 128 Å². The first-order valence-corrected chi connectivity index (χ1v) is 9.57. The van der Waals surface area contributed by atoms with Crippen molar-refractivity contribution in [3.05, 3.63) is 47.4 Å². The fraction of sp³-hybridized carbons (Fsp3) is 0.273. The number of nitrogens with zero attached hydrogens (tertiary/aromatic N) is 5. The lowest BCUT2D eigenvalue weighted by Crippen LogP contribution is -2.22. The zero-order valence-corrected chi connectivity index (χ0v) is 17.3. The molecule has 0 bridgehead atoms. The van der Waals surface area contributed by atoms with Crippen molar-refractivity contribution >= 4 is 28.8 Å². The first kappa shape index (κ1) is 21.0. The maximum Gasteiger partial charge on any atom is 0.146 e. The summed E-state index contributed by atoms with van der Waals surface area (Å²) in [5.41, 5.74) is 10.6. The minimum atomic E-state index is 0.0158. The fourth-order valence-electron chi connectivity index (χ4n) is 3.36. The van der Waals surface area contributed by atoms with Crippen LogP contribution in [-0.4, -0.2) is 51.1 Å². The van der Waals surface area contributed by atoms with Gasteiger partial charge in [-0.25, -0.2) is 9.97 Å². The van der Waals surface area contributed by atoms with Gasteiger partial charge in [0.15, 0.2) is 0 Å². The molecule has 154 valence electrons. The van der Waals surface area contributed by atoms with Gasteiger partial charge in [0, 0.05) is 32.8 Å². The Morgan fingerprint density at radius 1 is 1.30 bits per heavy atom. The molecule has 0 radical (unpaired) electrons. The molecule has 0 fully saturated rings. The molecule has 2 aromatic heterocycles. The van der Waals surface area contributed by atoms with Crippen LogP contribution in [0.1, 0.15) is 17.7 Å². The largest absolute Gasteiger partial charge is 0.396 e. The van der Waals surface area contributed by atoms with Crippen molar-refractivity contribution in [3.63, 3.8) is 0 Å². The molecule has 3 rings (SSSR count). The molecule has 4 N–H and O–H groups in total. The number of aryl methyl sites for hydroxylation is 2. The van der Waals surface area contributed by atoms with E-state index >= 15 is 0 Å². The molecule has 3 aromatic rings. The quantitative estimate of drug-likeness (QED) is 0.330. The molecular formula is C22H25N7O. The maximum absolute atomic E-state index is 9.71. The van der Waals surface area contributed by atoms with Gasteiger partial charge in [-0.2, -0.15) is 5.26 Å². The summed E-state index contributed by atoms with van der Waals surface area (Å²) in [5.74, 6) is 0.444. The summed E-state index contributed by atoms with van der Waals surface area (Å²) in [6, 6.07) is 10.1. The van der Waals surface area contributed by atoms with Crippen LogP contribution in [0.4, 0.5) is 5.82 Å². The predicted molar refractivity (Wildman–Crippen MR) is 119 cm³/mol. The van der Waals surface area contributed by atoms with Crippen LogP contribution < -0.4 is 5.73 Å². The van der Waals surface area contributed by atoms with Crippen molar-refractivity contribution in [2.24, 2.45) is 0 Å². The Labute approximate surface area is 175 Å². The number of amidine groups is 1. The summed E-state index contributed by atoms with van der Waals surface area (Å²) in [6.07, 6.45) is 3.61. The molecule has 2 heterocycles. The minimum Gasteiger partial charge on any atom is -0.396 e. The van der Waals surface area contributed by atoms with Gasteiger partial charge < -0.3 is 20.3 Å². The van der Waals surface area contributed by atoms with Gasteiger partial charge in [0.05, 0.1) is 16.7 Å². The second kappa shape index (κ2) is 8.76. The summed E-state index contributed by atoms with van der Waals surface area (Å²) in [4.78, 5) is 10.2. The average Bonchev–Trinajstić information content (AvgIpc) is 3.04. The van der Waals surface area contributed by atoms with Gasteiger partial charge in [-0.05, 0) is 25.0 Å². The van der Waals surface area contributed by atoms with Crippen molar-refractivity contribution in [2.45, 2.75) is 19.9 Å². The van der Waals surface area contributed by atoms with Crippen molar-refractivity contribution in [1.82, 2.24) is 19.4 Å². The minimum absolute atomic E-state index is 0.0158. The van der Waals surface area contributed by atoms with Crippen LogP contribution in [0.3, 0.4) is 0 Å². The Bertz CT molecular complexity index is 1150. The second-order valence-electron chi connectivity index (χ2n) is 7.23. The third kappa shape index (κ3) is 3.88. The van der Waals surface area contributed by atoms with Crippen molar-refractivity contribution in [1.29, 1.82) is 10.7 Å². The standard InChI is InChI=1S/C22H25N7O/c1-14-5-7-15(8-6-14)18-17(11-16(12-23)21(25)28(2)3)29(9-4-10-30)22-19(18)20(24)26-13-27-22/h5-8,11,13,25,30H,4,9-10H2,1-3H3,(H2,24,26,27)/b16-11+,25-21?. The summed E-state index contributed by atoms with van der Waals surface area (Å²) in [5, 5.41) is 28.1. The molecular weight excluding hydrogens is 378 g/mol. The van der Waals surface area contributed by atoms with Crippen LogP contribution in [0.25, 0.3) is 28.2 Å². The maximum atomic E-state index is 9.71. The van der Waals surface area contributed by atoms with E-state index in [1.165, 1.54) is 6.33 Å². The van der Waals surface area contributed by atoms with Gasteiger partial charge in [-0.1, -0.05) is 29.8 Å². The number of likely N-dealkylation sites (N-methyl/N-ethyl adjacent to an activating group) is 1. The molecule has 0 aliphatic carbocycles. The third-order valence-electron chi connectivity index (χ3n) is 4.89. The molecule has 30 heavy (non-hydrogen) atoms. The number of nitrogens with one attached hydrogen (secondary N) is 1. The SMILES string of the molecule is Cc1ccc(-c2c(/C=C(\C#N)C(=N)N(C)C)n(CCCO)c3ncnc(N)c23)cc1. The lowest BCUT2D eigenvalue weighted by atomic mass is 10.00. The van der Waals surface area contributed by atoms with Crippen LogP contribution in [0.15, 0.2) is 36.2 Å². The third-order valence-corrected chi connectivity index (χ3v) is 4.89. The molecule has 0 spiro atoms. The van der Waals surface area contributed by atoms with Gasteiger partial charge in [0.2, 0.25) is 0 Å². The van der Waals surface area contributed by atoms with Crippen molar-refractivity contribution in [2.75, 3.05) is 26.4 Å². The van der Waals surface area contributed by atoms with Crippen LogP contribution in [-0.2, 0) is 6.54 Å². The summed E-state index contributed by atoms with van der Waals surface area (Å²) < 4.78 is 1.93. The Kier molecular flexibility index (Phi) is 6.14. The first-order valence-electron chi connectivity index (χ1n) is 9.57. The Morgan fingerprint density at radius 3 is 2.60 bits per heavy atom. The number of benzene rings is 1. The Hall–Kier alpha value is -3.70. The number of nitriles is 1. The van der Waals surface area contributed by atoms with E-state index < -0.39 is 0 Å². The lowest BCUT2D eigenvalue weighted by molar-refractivity contribution is 0.280. The smallest absolute Gasteiger partial charge is 0.146 e. The average molecular weight is 403 g/mol. The van der Waals surface area contributed by atoms with E-state index in [1.807, 2.05) is 35.8 Å². The molecule has 1 aromatic carbocycles. The fourth-order valence-corrected chi connectivity index (χ4v) is 3.36. The molecule has 0 aliphatic heterocycles. The van der Waals surface area contributed by atoms with E-state index in [1.54, 1.807) is 25.1 Å². The van der Waals surface area contributed by atoms with Crippen LogP contribution in [0.5, 0.6) is 0 Å². The zero-order valence-electron chi connectivity index (χ0n) is 17.3. The number of rotatable bonds is 6. The number of hydrogen-bond donors (Lipinski definition) is 3. The molecule has 8 heteroatoms. The highest BCUT2D eigenvalue weighted by atomic mass is 16.3. The van der Waals surface area contributed by atoms with Gasteiger partial charge in [-0.3, -0.25) is 5.41 Å². The van der Waals surface area contributed by atoms with E-state index in [0.29, 0.717) is 35.5 Å². The summed E-state index contributed by atoms with van der Waals surface area (Å²) in [6.45, 7) is 2.51. The first-order chi connectivity index (χ1) is 14.4. The normalized spacial score (nSPS) is 11.5. The predicted octanol–water partition coefficient (Wildman–Crippen LogP) is 2.82. The Morgan fingerprint density at radius 2 is 2.00 bits per heavy atom. The van der Waals surface area contributed by atoms with E-state index in [9.17, 15) is 10.4 Å². The molecule has 0 saturated heterocycles. The van der Waals surface area contributed by atoms with Crippen molar-refractivity contribution in [3.8, 4) is 17.2 Å². The second-order valence-corrected chi connectivity index (χ2v) is 7.23. The molecule has 0 aliphatic rings. The summed E-state index contributed by atoms with van der Waals surface area (Å²) >= 11 is 0.